The third-order valence-electron chi connectivity index (χ3n) is 6.08. The molecule has 3 aliphatic rings. The Morgan fingerprint density at radius 2 is 2.00 bits per heavy atom. The quantitative estimate of drug-likeness (QED) is 0.734. The molecule has 0 spiro atoms. The minimum atomic E-state index is -0.287. The van der Waals surface area contributed by atoms with Crippen LogP contribution in [0.1, 0.15) is 30.1 Å². The van der Waals surface area contributed by atoms with Gasteiger partial charge >= 0.3 is 0 Å². The van der Waals surface area contributed by atoms with Crippen LogP contribution in [0.2, 0.25) is 0 Å². The van der Waals surface area contributed by atoms with Crippen LogP contribution in [0.4, 0.5) is 0 Å². The van der Waals surface area contributed by atoms with E-state index < -0.39 is 0 Å². The van der Waals surface area contributed by atoms with Crippen molar-refractivity contribution in [2.24, 2.45) is 0 Å². The van der Waals surface area contributed by atoms with E-state index in [2.05, 4.69) is 37.1 Å². The van der Waals surface area contributed by atoms with Gasteiger partial charge in [0.2, 0.25) is 5.91 Å². The molecule has 166 valence electrons. The van der Waals surface area contributed by atoms with E-state index >= 15 is 0 Å². The van der Waals surface area contributed by atoms with Crippen LogP contribution in [0.5, 0.6) is 11.5 Å². The molecule has 1 N–H and O–H groups in total. The number of carbonyl (C=O) groups is 1. The Morgan fingerprint density at radius 3 is 2.87 bits per heavy atom. The Bertz CT molecular complexity index is 925. The lowest BCUT2D eigenvalue weighted by molar-refractivity contribution is -0.130. The standard InChI is InChI=1S/C22H29N5O4/c28-22(18-2-1-11-29-18)23-7-5-20-24-25-21-6-8-26(9-10-27(20)21)15-16-3-4-17-19(14-16)31-13-12-30-17/h3-4,14,18H,1-2,5-13,15H2,(H,23,28)/t18-/m1/s1. The molecule has 0 radical (unpaired) electrons. The smallest absolute Gasteiger partial charge is 0.249 e. The fraction of sp³-hybridized carbons (Fsp3) is 0.591. The lowest BCUT2D eigenvalue weighted by Gasteiger charge is -2.22. The lowest BCUT2D eigenvalue weighted by Crippen LogP contribution is -2.35. The molecule has 0 unspecified atom stereocenters. The molecule has 9 heteroatoms. The molecule has 9 nitrogen and oxygen atoms in total. The zero-order valence-corrected chi connectivity index (χ0v) is 17.7. The number of amides is 1. The molecular formula is C22H29N5O4. The van der Waals surface area contributed by atoms with E-state index in [-0.39, 0.29) is 12.0 Å². The number of nitrogens with zero attached hydrogens (tertiary/aromatic N) is 4. The second kappa shape index (κ2) is 9.23. The van der Waals surface area contributed by atoms with Gasteiger partial charge in [0.25, 0.3) is 0 Å². The minimum Gasteiger partial charge on any atom is -0.486 e. The number of fused-ring (bicyclic) bond motifs is 2. The highest BCUT2D eigenvalue weighted by Gasteiger charge is 2.24. The molecule has 0 saturated carbocycles. The van der Waals surface area contributed by atoms with Crippen molar-refractivity contribution in [3.05, 3.63) is 35.4 Å². The van der Waals surface area contributed by atoms with E-state index in [1.54, 1.807) is 0 Å². The number of hydrogen-bond acceptors (Lipinski definition) is 7. The van der Waals surface area contributed by atoms with Crippen LogP contribution < -0.4 is 14.8 Å². The molecule has 31 heavy (non-hydrogen) atoms. The van der Waals surface area contributed by atoms with Crippen molar-refractivity contribution in [3.8, 4) is 11.5 Å². The van der Waals surface area contributed by atoms with Crippen molar-refractivity contribution < 1.29 is 19.0 Å². The molecule has 1 fully saturated rings. The van der Waals surface area contributed by atoms with Crippen molar-refractivity contribution in [3.63, 3.8) is 0 Å². The summed E-state index contributed by atoms with van der Waals surface area (Å²) in [4.78, 5) is 14.6. The molecule has 4 heterocycles. The Balaban J connectivity index is 1.15. The van der Waals surface area contributed by atoms with Crippen molar-refractivity contribution >= 4 is 5.91 Å². The van der Waals surface area contributed by atoms with Gasteiger partial charge in [-0.05, 0) is 30.5 Å². The van der Waals surface area contributed by atoms with Gasteiger partial charge in [0.1, 0.15) is 31.0 Å². The maximum atomic E-state index is 12.1. The molecule has 0 aliphatic carbocycles. The summed E-state index contributed by atoms with van der Waals surface area (Å²) in [6.07, 6.45) is 3.02. The summed E-state index contributed by atoms with van der Waals surface area (Å²) in [6.45, 7) is 6.01. The van der Waals surface area contributed by atoms with E-state index in [0.29, 0.717) is 32.8 Å². The van der Waals surface area contributed by atoms with E-state index in [0.717, 1.165) is 68.6 Å². The number of carbonyl (C=O) groups excluding carboxylic acids is 1. The minimum absolute atomic E-state index is 0.0151. The number of ether oxygens (including phenoxy) is 3. The maximum absolute atomic E-state index is 12.1. The molecule has 1 aromatic heterocycles. The highest BCUT2D eigenvalue weighted by molar-refractivity contribution is 5.80. The van der Waals surface area contributed by atoms with Crippen molar-refractivity contribution in [1.82, 2.24) is 25.0 Å². The molecule has 0 bridgehead atoms. The van der Waals surface area contributed by atoms with Crippen LogP contribution in [0.3, 0.4) is 0 Å². The van der Waals surface area contributed by atoms with Crippen LogP contribution in [0, 0.1) is 0 Å². The third-order valence-corrected chi connectivity index (χ3v) is 6.08. The van der Waals surface area contributed by atoms with Crippen LogP contribution >= 0.6 is 0 Å². The monoisotopic (exact) mass is 427 g/mol. The van der Waals surface area contributed by atoms with E-state index in [1.807, 2.05) is 6.07 Å². The topological polar surface area (TPSA) is 90.7 Å². The predicted molar refractivity (Wildman–Crippen MR) is 112 cm³/mol. The van der Waals surface area contributed by atoms with Gasteiger partial charge in [-0.15, -0.1) is 10.2 Å². The number of rotatable bonds is 6. The normalized spacial score (nSPS) is 20.8. The first-order valence-electron chi connectivity index (χ1n) is 11.2. The Hall–Kier alpha value is -2.65. The van der Waals surface area contributed by atoms with Gasteiger partial charge in [-0.3, -0.25) is 9.69 Å². The first-order chi connectivity index (χ1) is 15.3. The molecule has 1 atom stereocenters. The molecule has 1 amide bonds. The van der Waals surface area contributed by atoms with Gasteiger partial charge in [0.05, 0.1) is 0 Å². The average molecular weight is 428 g/mol. The fourth-order valence-electron chi connectivity index (χ4n) is 4.41. The molecule has 3 aliphatic heterocycles. The highest BCUT2D eigenvalue weighted by atomic mass is 16.6. The largest absolute Gasteiger partial charge is 0.486 e. The fourth-order valence-corrected chi connectivity index (χ4v) is 4.41. The lowest BCUT2D eigenvalue weighted by atomic mass is 10.1. The van der Waals surface area contributed by atoms with Gasteiger partial charge < -0.3 is 24.1 Å². The van der Waals surface area contributed by atoms with Gasteiger partial charge in [0, 0.05) is 52.2 Å². The second-order valence-corrected chi connectivity index (χ2v) is 8.23. The first-order valence-corrected chi connectivity index (χ1v) is 11.2. The van der Waals surface area contributed by atoms with Crippen molar-refractivity contribution in [2.75, 3.05) is 39.5 Å². The van der Waals surface area contributed by atoms with Gasteiger partial charge in [-0.1, -0.05) is 6.07 Å². The van der Waals surface area contributed by atoms with E-state index in [4.69, 9.17) is 14.2 Å². The van der Waals surface area contributed by atoms with Crippen LogP contribution in [0.15, 0.2) is 18.2 Å². The maximum Gasteiger partial charge on any atom is 0.249 e. The second-order valence-electron chi connectivity index (χ2n) is 8.23. The van der Waals surface area contributed by atoms with Crippen molar-refractivity contribution in [2.45, 2.75) is 44.9 Å². The molecule has 2 aromatic rings. The van der Waals surface area contributed by atoms with E-state index in [1.165, 1.54) is 5.56 Å². The summed E-state index contributed by atoms with van der Waals surface area (Å²) >= 11 is 0. The summed E-state index contributed by atoms with van der Waals surface area (Å²) in [5, 5.41) is 11.8. The number of hydrogen-bond donors (Lipinski definition) is 1. The van der Waals surface area contributed by atoms with E-state index in [9.17, 15) is 4.79 Å². The zero-order chi connectivity index (χ0) is 21.0. The zero-order valence-electron chi connectivity index (χ0n) is 17.7. The molecule has 1 saturated heterocycles. The van der Waals surface area contributed by atoms with Gasteiger partial charge in [-0.2, -0.15) is 0 Å². The van der Waals surface area contributed by atoms with Crippen LogP contribution in [-0.2, 0) is 35.5 Å². The summed E-state index contributed by atoms with van der Waals surface area (Å²) in [5.41, 5.74) is 1.22. The Kier molecular flexibility index (Phi) is 6.04. The highest BCUT2D eigenvalue weighted by Crippen LogP contribution is 2.31. The number of aromatic nitrogens is 3. The molecular weight excluding hydrogens is 398 g/mol. The number of benzene rings is 1. The average Bonchev–Trinajstić information content (AvgIpc) is 3.42. The summed E-state index contributed by atoms with van der Waals surface area (Å²) in [7, 11) is 0. The van der Waals surface area contributed by atoms with Crippen molar-refractivity contribution in [1.29, 1.82) is 0 Å². The molecule has 5 rings (SSSR count). The van der Waals surface area contributed by atoms with Crippen LogP contribution in [0.25, 0.3) is 0 Å². The van der Waals surface area contributed by atoms with Gasteiger partial charge in [0.15, 0.2) is 11.5 Å². The molecule has 1 aromatic carbocycles. The predicted octanol–water partition coefficient (Wildman–Crippen LogP) is 0.945. The SMILES string of the molecule is O=C(NCCc1nnc2n1CCN(Cc1ccc3c(c1)OCCO3)CC2)[C@H]1CCCO1. The van der Waals surface area contributed by atoms with Crippen LogP contribution in [-0.4, -0.2) is 71.1 Å². The Morgan fingerprint density at radius 1 is 1.10 bits per heavy atom. The summed E-state index contributed by atoms with van der Waals surface area (Å²) in [6, 6.07) is 6.20. The first kappa shape index (κ1) is 20.3. The Labute approximate surface area is 181 Å². The number of nitrogens with one attached hydrogen (secondary N) is 1. The van der Waals surface area contributed by atoms with Gasteiger partial charge in [-0.25, -0.2) is 0 Å². The summed E-state index contributed by atoms with van der Waals surface area (Å²) in [5.74, 6) is 3.60. The third kappa shape index (κ3) is 4.67. The summed E-state index contributed by atoms with van der Waals surface area (Å²) < 4.78 is 19.0.